The lowest BCUT2D eigenvalue weighted by atomic mass is 10.2. The fourth-order valence-electron chi connectivity index (χ4n) is 2.46. The van der Waals surface area contributed by atoms with Gasteiger partial charge in [0.15, 0.2) is 0 Å². The van der Waals surface area contributed by atoms with Crippen LogP contribution in [0.5, 0.6) is 0 Å². The molecule has 24 heavy (non-hydrogen) atoms. The lowest BCUT2D eigenvalue weighted by molar-refractivity contribution is -0.118. The van der Waals surface area contributed by atoms with E-state index in [2.05, 4.69) is 15.6 Å². The van der Waals surface area contributed by atoms with Crippen molar-refractivity contribution in [3.05, 3.63) is 40.3 Å². The van der Waals surface area contributed by atoms with Crippen molar-refractivity contribution >= 4 is 40.6 Å². The van der Waals surface area contributed by atoms with Crippen LogP contribution < -0.4 is 15.5 Å². The molecule has 2 heterocycles. The molecule has 1 fully saturated rings. The molecule has 4 amide bonds. The van der Waals surface area contributed by atoms with Crippen LogP contribution in [0.25, 0.3) is 0 Å². The molecule has 0 bridgehead atoms. The number of carbonyl (C=O) groups excluding carboxylic acids is 3. The molecule has 1 aromatic heterocycles. The molecule has 1 aromatic carbocycles. The summed E-state index contributed by atoms with van der Waals surface area (Å²) in [5, 5.41) is 8.04. The predicted molar refractivity (Wildman–Crippen MR) is 91.1 cm³/mol. The molecule has 0 saturated carbocycles. The number of nitrogens with zero attached hydrogens (tertiary/aromatic N) is 2. The van der Waals surface area contributed by atoms with Crippen molar-refractivity contribution in [1.29, 1.82) is 0 Å². The Kier molecular flexibility index (Phi) is 4.30. The second kappa shape index (κ2) is 6.40. The van der Waals surface area contributed by atoms with Crippen LogP contribution >= 0.6 is 11.3 Å². The van der Waals surface area contributed by atoms with Crippen molar-refractivity contribution in [3.63, 3.8) is 0 Å². The van der Waals surface area contributed by atoms with E-state index >= 15 is 0 Å². The molecule has 1 unspecified atom stereocenters. The predicted octanol–water partition coefficient (Wildman–Crippen LogP) is 2.08. The van der Waals surface area contributed by atoms with Gasteiger partial charge < -0.3 is 10.6 Å². The van der Waals surface area contributed by atoms with E-state index in [1.54, 1.807) is 31.2 Å². The topological polar surface area (TPSA) is 91.4 Å². The number of hydrogen-bond acceptors (Lipinski definition) is 5. The van der Waals surface area contributed by atoms with Gasteiger partial charge >= 0.3 is 6.03 Å². The van der Waals surface area contributed by atoms with Crippen LogP contribution in [-0.2, 0) is 16.0 Å². The smallest absolute Gasteiger partial charge is 0.326 e. The lowest BCUT2D eigenvalue weighted by Gasteiger charge is -2.17. The summed E-state index contributed by atoms with van der Waals surface area (Å²) in [5.41, 5.74) is 1.45. The summed E-state index contributed by atoms with van der Waals surface area (Å²) in [5.74, 6) is -0.607. The second-order valence-corrected chi connectivity index (χ2v) is 6.51. The lowest BCUT2D eigenvalue weighted by Crippen LogP contribution is -2.32. The number of urea groups is 1. The van der Waals surface area contributed by atoms with E-state index in [0.29, 0.717) is 17.1 Å². The minimum absolute atomic E-state index is 0.134. The first kappa shape index (κ1) is 16.1. The third kappa shape index (κ3) is 3.13. The Bertz CT molecular complexity index is 817. The van der Waals surface area contributed by atoms with Crippen LogP contribution in [0.1, 0.15) is 17.6 Å². The average molecular weight is 344 g/mol. The zero-order valence-electron chi connectivity index (χ0n) is 13.2. The van der Waals surface area contributed by atoms with Crippen molar-refractivity contribution in [3.8, 4) is 0 Å². The molecule has 2 aromatic rings. The molecule has 7 nitrogen and oxygen atoms in total. The van der Waals surface area contributed by atoms with Crippen LogP contribution in [0.4, 0.5) is 16.2 Å². The van der Waals surface area contributed by atoms with E-state index in [4.69, 9.17) is 0 Å². The number of aryl methyl sites for hydroxylation is 1. The van der Waals surface area contributed by atoms with Gasteiger partial charge in [-0.25, -0.2) is 14.7 Å². The van der Waals surface area contributed by atoms with Crippen LogP contribution in [0.3, 0.4) is 0 Å². The van der Waals surface area contributed by atoms with Crippen molar-refractivity contribution in [2.45, 2.75) is 26.3 Å². The molecule has 0 spiro atoms. The van der Waals surface area contributed by atoms with Gasteiger partial charge in [-0.3, -0.25) is 9.59 Å². The number of rotatable bonds is 4. The maximum absolute atomic E-state index is 12.2. The van der Waals surface area contributed by atoms with E-state index in [1.807, 2.05) is 12.3 Å². The summed E-state index contributed by atoms with van der Waals surface area (Å²) in [6, 6.07) is 5.64. The van der Waals surface area contributed by atoms with Gasteiger partial charge in [0.1, 0.15) is 6.04 Å². The number of benzene rings is 1. The largest absolute Gasteiger partial charge is 0.329 e. The molecule has 1 saturated heterocycles. The molecule has 124 valence electrons. The van der Waals surface area contributed by atoms with Gasteiger partial charge in [-0.15, -0.1) is 11.3 Å². The third-order valence-corrected chi connectivity index (χ3v) is 4.38. The van der Waals surface area contributed by atoms with Crippen molar-refractivity contribution < 1.29 is 14.4 Å². The van der Waals surface area contributed by atoms with E-state index in [1.165, 1.54) is 11.3 Å². The van der Waals surface area contributed by atoms with E-state index in [0.717, 1.165) is 9.91 Å². The van der Waals surface area contributed by atoms with Gasteiger partial charge in [-0.1, -0.05) is 12.1 Å². The number of aromatic nitrogens is 1. The zero-order chi connectivity index (χ0) is 17.3. The normalized spacial score (nSPS) is 17.1. The fraction of sp³-hybridized carbons (Fsp3) is 0.250. The second-order valence-electron chi connectivity index (χ2n) is 5.44. The minimum Gasteiger partial charge on any atom is -0.326 e. The van der Waals surface area contributed by atoms with E-state index < -0.39 is 12.1 Å². The number of para-hydroxylation sites is 2. The number of thiazole rings is 1. The molecule has 3 rings (SSSR count). The number of amides is 4. The summed E-state index contributed by atoms with van der Waals surface area (Å²) >= 11 is 1.48. The SMILES string of the molecule is Cc1nc(CC(=O)Nc2ccccc2N2C(=O)NC(C)C2=O)cs1. The maximum Gasteiger partial charge on any atom is 0.329 e. The number of nitrogens with one attached hydrogen (secondary N) is 2. The summed E-state index contributed by atoms with van der Waals surface area (Å²) in [6.45, 7) is 3.49. The van der Waals surface area contributed by atoms with Gasteiger partial charge in [0, 0.05) is 5.38 Å². The summed E-state index contributed by atoms with van der Waals surface area (Å²) in [4.78, 5) is 41.7. The molecule has 1 aliphatic rings. The number of carbonyl (C=O) groups is 3. The van der Waals surface area contributed by atoms with E-state index in [9.17, 15) is 14.4 Å². The summed E-state index contributed by atoms with van der Waals surface area (Å²) in [6.07, 6.45) is 0.134. The first-order valence-corrected chi connectivity index (χ1v) is 8.28. The first-order valence-electron chi connectivity index (χ1n) is 7.40. The quantitative estimate of drug-likeness (QED) is 0.831. The Labute approximate surface area is 142 Å². The van der Waals surface area contributed by atoms with Gasteiger partial charge in [0.2, 0.25) is 5.91 Å². The average Bonchev–Trinajstić information content (AvgIpc) is 3.04. The van der Waals surface area contributed by atoms with Crippen LogP contribution in [0.2, 0.25) is 0 Å². The molecule has 8 heteroatoms. The Morgan fingerprint density at radius 1 is 1.38 bits per heavy atom. The molecule has 0 radical (unpaired) electrons. The van der Waals surface area contributed by atoms with Crippen molar-refractivity contribution in [1.82, 2.24) is 10.3 Å². The van der Waals surface area contributed by atoms with Gasteiger partial charge in [0.05, 0.1) is 28.5 Å². The minimum atomic E-state index is -0.584. The monoisotopic (exact) mass is 344 g/mol. The van der Waals surface area contributed by atoms with Crippen LogP contribution in [0, 0.1) is 6.92 Å². The van der Waals surface area contributed by atoms with Crippen LogP contribution in [0.15, 0.2) is 29.6 Å². The van der Waals surface area contributed by atoms with Crippen molar-refractivity contribution in [2.24, 2.45) is 0 Å². The molecular weight excluding hydrogens is 328 g/mol. The van der Waals surface area contributed by atoms with Crippen molar-refractivity contribution in [2.75, 3.05) is 10.2 Å². The Morgan fingerprint density at radius 2 is 2.12 bits per heavy atom. The Hall–Kier alpha value is -2.74. The number of imide groups is 1. The van der Waals surface area contributed by atoms with Gasteiger partial charge in [-0.05, 0) is 26.0 Å². The molecule has 1 atom stereocenters. The molecular formula is C16H16N4O3S. The number of anilines is 2. The van der Waals surface area contributed by atoms with E-state index in [-0.39, 0.29) is 18.2 Å². The summed E-state index contributed by atoms with van der Waals surface area (Å²) in [7, 11) is 0. The first-order chi connectivity index (χ1) is 11.5. The summed E-state index contributed by atoms with van der Waals surface area (Å²) < 4.78 is 0. The molecule has 2 N–H and O–H groups in total. The van der Waals surface area contributed by atoms with Gasteiger partial charge in [-0.2, -0.15) is 0 Å². The standard InChI is InChI=1S/C16H16N4O3S/c1-9-15(22)20(16(23)17-9)13-6-4-3-5-12(13)19-14(21)7-11-8-24-10(2)18-11/h3-6,8-9H,7H2,1-2H3,(H,17,23)(H,19,21). The maximum atomic E-state index is 12.2. The van der Waals surface area contributed by atoms with Gasteiger partial charge in [0.25, 0.3) is 5.91 Å². The number of hydrogen-bond donors (Lipinski definition) is 2. The molecule has 0 aliphatic carbocycles. The Balaban J connectivity index is 1.80. The molecule has 1 aliphatic heterocycles. The van der Waals surface area contributed by atoms with Crippen LogP contribution in [-0.4, -0.2) is 28.9 Å². The Morgan fingerprint density at radius 3 is 2.75 bits per heavy atom. The highest BCUT2D eigenvalue weighted by atomic mass is 32.1. The highest BCUT2D eigenvalue weighted by Crippen LogP contribution is 2.28. The third-order valence-electron chi connectivity index (χ3n) is 3.56. The highest BCUT2D eigenvalue weighted by molar-refractivity contribution is 7.09. The zero-order valence-corrected chi connectivity index (χ0v) is 14.0. The fourth-order valence-corrected chi connectivity index (χ4v) is 3.07. The highest BCUT2D eigenvalue weighted by Gasteiger charge is 2.37.